The zero-order valence-corrected chi connectivity index (χ0v) is 12.6. The number of rotatable bonds is 9. The van der Waals surface area contributed by atoms with Crippen molar-refractivity contribution in [3.8, 4) is 0 Å². The molecular weight excluding hydrogens is 258 g/mol. The van der Waals surface area contributed by atoms with Crippen molar-refractivity contribution in [2.45, 2.75) is 25.8 Å². The second-order valence-electron chi connectivity index (χ2n) is 4.40. The molecule has 19 heavy (non-hydrogen) atoms. The number of hydrogen-bond donors (Lipinski definition) is 1. The summed E-state index contributed by atoms with van der Waals surface area (Å²) in [6, 6.07) is 8.01. The van der Waals surface area contributed by atoms with Gasteiger partial charge in [0.1, 0.15) is 0 Å². The molecule has 0 bridgehead atoms. The maximum absolute atomic E-state index is 11.3. The molecule has 0 aliphatic carbocycles. The van der Waals surface area contributed by atoms with Crippen LogP contribution in [0, 0.1) is 0 Å². The summed E-state index contributed by atoms with van der Waals surface area (Å²) in [5, 5.41) is 3.43. The van der Waals surface area contributed by atoms with Crippen LogP contribution in [0.25, 0.3) is 0 Å². The Labute approximate surface area is 120 Å². The first kappa shape index (κ1) is 16.1. The summed E-state index contributed by atoms with van der Waals surface area (Å²) in [5.74, 6) is 1.04. The van der Waals surface area contributed by atoms with E-state index < -0.39 is 0 Å². The number of hydrogen-bond acceptors (Lipinski definition) is 4. The Hall–Kier alpha value is -1.00. The minimum atomic E-state index is -0.188. The van der Waals surface area contributed by atoms with Crippen molar-refractivity contribution in [3.63, 3.8) is 0 Å². The smallest absolute Gasteiger partial charge is 0.309 e. The van der Waals surface area contributed by atoms with Gasteiger partial charge in [-0.15, -0.1) is 0 Å². The SMILES string of the molecule is COC(=O)Cc1ccccc1CNCCCCSC. The number of carbonyl (C=O) groups excluding carboxylic acids is 1. The normalized spacial score (nSPS) is 10.4. The Bertz CT molecular complexity index is 382. The lowest BCUT2D eigenvalue weighted by atomic mass is 10.0. The van der Waals surface area contributed by atoms with Crippen LogP contribution in [-0.2, 0) is 22.5 Å². The number of methoxy groups -OCH3 is 1. The minimum absolute atomic E-state index is 0.188. The molecule has 1 N–H and O–H groups in total. The summed E-state index contributed by atoms with van der Waals surface area (Å²) in [6.07, 6.45) is 4.93. The van der Waals surface area contributed by atoms with Gasteiger partial charge < -0.3 is 10.1 Å². The first-order valence-corrected chi connectivity index (χ1v) is 8.00. The molecule has 0 aliphatic heterocycles. The Balaban J connectivity index is 2.38. The summed E-state index contributed by atoms with van der Waals surface area (Å²) in [4.78, 5) is 11.3. The molecule has 0 unspecified atom stereocenters. The molecule has 0 atom stereocenters. The van der Waals surface area contributed by atoms with E-state index in [2.05, 4.69) is 17.6 Å². The van der Waals surface area contributed by atoms with Crippen molar-refractivity contribution < 1.29 is 9.53 Å². The van der Waals surface area contributed by atoms with Gasteiger partial charge >= 0.3 is 5.97 Å². The Morgan fingerprint density at radius 1 is 1.26 bits per heavy atom. The van der Waals surface area contributed by atoms with Crippen LogP contribution in [-0.4, -0.2) is 31.6 Å². The molecule has 3 nitrogen and oxygen atoms in total. The fourth-order valence-electron chi connectivity index (χ4n) is 1.85. The predicted molar refractivity (Wildman–Crippen MR) is 81.5 cm³/mol. The third kappa shape index (κ3) is 6.64. The molecule has 0 radical (unpaired) electrons. The summed E-state index contributed by atoms with van der Waals surface area (Å²) in [7, 11) is 1.43. The van der Waals surface area contributed by atoms with Crippen molar-refractivity contribution in [3.05, 3.63) is 35.4 Å². The molecule has 0 fully saturated rings. The van der Waals surface area contributed by atoms with Gasteiger partial charge in [-0.05, 0) is 42.5 Å². The van der Waals surface area contributed by atoms with E-state index in [1.165, 1.54) is 31.3 Å². The van der Waals surface area contributed by atoms with Crippen LogP contribution in [0.2, 0.25) is 0 Å². The lowest BCUT2D eigenvalue weighted by Crippen LogP contribution is -2.17. The van der Waals surface area contributed by atoms with Gasteiger partial charge in [0.15, 0.2) is 0 Å². The Kier molecular flexibility index (Phi) is 8.34. The molecule has 106 valence electrons. The topological polar surface area (TPSA) is 38.3 Å². The highest BCUT2D eigenvalue weighted by atomic mass is 32.2. The van der Waals surface area contributed by atoms with Gasteiger partial charge in [0, 0.05) is 6.54 Å². The molecule has 0 aliphatic rings. The van der Waals surface area contributed by atoms with E-state index in [9.17, 15) is 4.79 Å². The molecule has 1 rings (SSSR count). The number of carbonyl (C=O) groups is 1. The van der Waals surface area contributed by atoms with Gasteiger partial charge in [0.05, 0.1) is 13.5 Å². The highest BCUT2D eigenvalue weighted by Gasteiger charge is 2.07. The number of ether oxygens (including phenoxy) is 1. The number of benzene rings is 1. The van der Waals surface area contributed by atoms with Crippen LogP contribution < -0.4 is 5.32 Å². The Morgan fingerprint density at radius 2 is 2.00 bits per heavy atom. The molecule has 0 heterocycles. The van der Waals surface area contributed by atoms with Gasteiger partial charge in [-0.1, -0.05) is 24.3 Å². The number of nitrogens with one attached hydrogen (secondary N) is 1. The summed E-state index contributed by atoms with van der Waals surface area (Å²) < 4.78 is 4.72. The van der Waals surface area contributed by atoms with E-state index in [1.54, 1.807) is 0 Å². The van der Waals surface area contributed by atoms with Crippen LogP contribution in [0.5, 0.6) is 0 Å². The van der Waals surface area contributed by atoms with Gasteiger partial charge in [0.25, 0.3) is 0 Å². The summed E-state index contributed by atoms with van der Waals surface area (Å²) in [6.45, 7) is 1.83. The molecule has 1 aromatic rings. The van der Waals surface area contributed by atoms with Crippen LogP contribution in [0.3, 0.4) is 0 Å². The molecular formula is C15H23NO2S. The minimum Gasteiger partial charge on any atom is -0.469 e. The van der Waals surface area contributed by atoms with Crippen LogP contribution in [0.4, 0.5) is 0 Å². The lowest BCUT2D eigenvalue weighted by Gasteiger charge is -2.09. The van der Waals surface area contributed by atoms with Gasteiger partial charge in [0.2, 0.25) is 0 Å². The van der Waals surface area contributed by atoms with Crippen molar-refractivity contribution >= 4 is 17.7 Å². The van der Waals surface area contributed by atoms with Crippen LogP contribution in [0.15, 0.2) is 24.3 Å². The van der Waals surface area contributed by atoms with Crippen molar-refractivity contribution in [1.82, 2.24) is 5.32 Å². The van der Waals surface area contributed by atoms with Gasteiger partial charge in [-0.2, -0.15) is 11.8 Å². The number of unbranched alkanes of at least 4 members (excludes halogenated alkanes) is 1. The van der Waals surface area contributed by atoms with Gasteiger partial charge in [-0.3, -0.25) is 4.79 Å². The first-order chi connectivity index (χ1) is 9.27. The quantitative estimate of drug-likeness (QED) is 0.558. The monoisotopic (exact) mass is 281 g/mol. The van der Waals surface area contributed by atoms with Crippen LogP contribution >= 0.6 is 11.8 Å². The lowest BCUT2D eigenvalue weighted by molar-refractivity contribution is -0.139. The van der Waals surface area contributed by atoms with E-state index in [0.29, 0.717) is 6.42 Å². The number of thioether (sulfide) groups is 1. The molecule has 0 amide bonds. The van der Waals surface area contributed by atoms with E-state index in [0.717, 1.165) is 18.7 Å². The third-order valence-corrected chi connectivity index (χ3v) is 3.65. The second kappa shape index (κ2) is 9.87. The van der Waals surface area contributed by atoms with Crippen LogP contribution in [0.1, 0.15) is 24.0 Å². The fourth-order valence-corrected chi connectivity index (χ4v) is 2.34. The molecule has 0 saturated heterocycles. The van der Waals surface area contributed by atoms with Crippen molar-refractivity contribution in [1.29, 1.82) is 0 Å². The van der Waals surface area contributed by atoms with Crippen molar-refractivity contribution in [2.75, 3.05) is 25.7 Å². The number of esters is 1. The average molecular weight is 281 g/mol. The summed E-state index contributed by atoms with van der Waals surface area (Å²) in [5.41, 5.74) is 2.23. The van der Waals surface area contributed by atoms with E-state index in [1.807, 2.05) is 30.0 Å². The van der Waals surface area contributed by atoms with E-state index >= 15 is 0 Å². The molecule has 0 spiro atoms. The van der Waals surface area contributed by atoms with Crippen molar-refractivity contribution in [2.24, 2.45) is 0 Å². The maximum Gasteiger partial charge on any atom is 0.309 e. The molecule has 1 aromatic carbocycles. The highest BCUT2D eigenvalue weighted by molar-refractivity contribution is 7.98. The average Bonchev–Trinajstić information content (AvgIpc) is 2.44. The first-order valence-electron chi connectivity index (χ1n) is 6.61. The van der Waals surface area contributed by atoms with E-state index in [-0.39, 0.29) is 5.97 Å². The molecule has 0 saturated carbocycles. The second-order valence-corrected chi connectivity index (χ2v) is 5.38. The fraction of sp³-hybridized carbons (Fsp3) is 0.533. The largest absolute Gasteiger partial charge is 0.469 e. The zero-order valence-electron chi connectivity index (χ0n) is 11.8. The maximum atomic E-state index is 11.3. The zero-order chi connectivity index (χ0) is 13.9. The predicted octanol–water partition coefficient (Wildman–Crippen LogP) is 2.63. The molecule has 0 aromatic heterocycles. The van der Waals surface area contributed by atoms with E-state index in [4.69, 9.17) is 4.74 Å². The third-order valence-electron chi connectivity index (χ3n) is 2.95. The molecule has 4 heteroatoms. The summed E-state index contributed by atoms with van der Waals surface area (Å²) >= 11 is 1.89. The Morgan fingerprint density at radius 3 is 2.68 bits per heavy atom. The standard InChI is InChI=1S/C15H23NO2S/c1-18-15(17)11-13-7-3-4-8-14(13)12-16-9-5-6-10-19-2/h3-4,7-8,16H,5-6,9-12H2,1-2H3. The highest BCUT2D eigenvalue weighted by Crippen LogP contribution is 2.10. The van der Waals surface area contributed by atoms with Gasteiger partial charge in [-0.25, -0.2) is 0 Å².